The Morgan fingerprint density at radius 2 is 1.87 bits per heavy atom. The van der Waals surface area contributed by atoms with E-state index in [4.69, 9.17) is 0 Å². The van der Waals surface area contributed by atoms with Crippen molar-refractivity contribution < 1.29 is 9.59 Å². The third-order valence-electron chi connectivity index (χ3n) is 5.11. The molecule has 2 aromatic rings. The number of hydrogen-bond donors (Lipinski definition) is 0. The van der Waals surface area contributed by atoms with E-state index in [9.17, 15) is 9.59 Å². The molecule has 1 aliphatic heterocycles. The minimum atomic E-state index is -0.340. The Morgan fingerprint density at radius 3 is 2.70 bits per heavy atom. The summed E-state index contributed by atoms with van der Waals surface area (Å²) in [5.41, 5.74) is 4.90. The molecule has 1 aliphatic carbocycles. The molecule has 116 valence electrons. The third-order valence-corrected chi connectivity index (χ3v) is 5.11. The molecule has 1 amide bonds. The van der Waals surface area contributed by atoms with Gasteiger partial charge < -0.3 is 4.90 Å². The van der Waals surface area contributed by atoms with Crippen molar-refractivity contribution in [1.29, 1.82) is 0 Å². The van der Waals surface area contributed by atoms with Crippen LogP contribution in [0.2, 0.25) is 0 Å². The highest BCUT2D eigenvalue weighted by molar-refractivity contribution is 6.11. The third kappa shape index (κ3) is 2.03. The van der Waals surface area contributed by atoms with Gasteiger partial charge in [-0.15, -0.1) is 0 Å². The van der Waals surface area contributed by atoms with Crippen molar-refractivity contribution in [3.63, 3.8) is 0 Å². The van der Waals surface area contributed by atoms with Gasteiger partial charge in [0.15, 0.2) is 5.78 Å². The summed E-state index contributed by atoms with van der Waals surface area (Å²) in [6, 6.07) is 13.9. The molecule has 0 bridgehead atoms. The van der Waals surface area contributed by atoms with E-state index in [0.29, 0.717) is 6.42 Å². The number of rotatable bonds is 1. The quantitative estimate of drug-likeness (QED) is 0.806. The SMILES string of the molecule is Cc1cccc2c1C(C(=O)N1c3ccccc3CC1C)CC2=O. The highest BCUT2D eigenvalue weighted by atomic mass is 16.2. The fraction of sp³-hybridized carbons (Fsp3) is 0.300. The van der Waals surface area contributed by atoms with Gasteiger partial charge in [-0.3, -0.25) is 9.59 Å². The van der Waals surface area contributed by atoms with E-state index in [1.54, 1.807) is 0 Å². The van der Waals surface area contributed by atoms with Crippen molar-refractivity contribution in [2.24, 2.45) is 0 Å². The standard InChI is InChI=1S/C20H19NO2/c1-12-6-5-8-15-18(22)11-16(19(12)15)20(23)21-13(2)10-14-7-3-4-9-17(14)21/h3-9,13,16H,10-11H2,1-2H3. The van der Waals surface area contributed by atoms with E-state index in [1.807, 2.05) is 48.2 Å². The monoisotopic (exact) mass is 305 g/mol. The molecule has 0 aromatic heterocycles. The van der Waals surface area contributed by atoms with Gasteiger partial charge in [-0.05, 0) is 43.0 Å². The van der Waals surface area contributed by atoms with Crippen LogP contribution in [0.5, 0.6) is 0 Å². The first kappa shape index (κ1) is 14.2. The van der Waals surface area contributed by atoms with Crippen LogP contribution in [0.1, 0.15) is 46.3 Å². The van der Waals surface area contributed by atoms with Crippen LogP contribution in [-0.2, 0) is 11.2 Å². The molecular formula is C20H19NO2. The van der Waals surface area contributed by atoms with E-state index in [2.05, 4.69) is 13.0 Å². The molecule has 0 N–H and O–H groups in total. The van der Waals surface area contributed by atoms with E-state index >= 15 is 0 Å². The molecule has 4 rings (SSSR count). The van der Waals surface area contributed by atoms with E-state index in [-0.39, 0.29) is 23.7 Å². The first-order valence-electron chi connectivity index (χ1n) is 8.11. The highest BCUT2D eigenvalue weighted by Gasteiger charge is 2.41. The number of carbonyl (C=O) groups excluding carboxylic acids is 2. The van der Waals surface area contributed by atoms with Crippen LogP contribution < -0.4 is 4.90 Å². The van der Waals surface area contributed by atoms with Crippen molar-refractivity contribution >= 4 is 17.4 Å². The maximum atomic E-state index is 13.3. The maximum Gasteiger partial charge on any atom is 0.235 e. The number of aryl methyl sites for hydroxylation is 1. The first-order chi connectivity index (χ1) is 11.1. The van der Waals surface area contributed by atoms with Gasteiger partial charge in [0.25, 0.3) is 0 Å². The molecule has 0 spiro atoms. The Bertz CT molecular complexity index is 824. The summed E-state index contributed by atoms with van der Waals surface area (Å²) in [6.07, 6.45) is 1.17. The molecule has 0 radical (unpaired) electrons. The van der Waals surface area contributed by atoms with Crippen molar-refractivity contribution in [1.82, 2.24) is 0 Å². The number of carbonyl (C=O) groups is 2. The number of anilines is 1. The van der Waals surface area contributed by atoms with Crippen LogP contribution in [0.3, 0.4) is 0 Å². The zero-order valence-electron chi connectivity index (χ0n) is 13.4. The molecule has 3 nitrogen and oxygen atoms in total. The van der Waals surface area contributed by atoms with E-state index in [0.717, 1.165) is 28.8 Å². The van der Waals surface area contributed by atoms with Gasteiger partial charge in [0.1, 0.15) is 0 Å². The van der Waals surface area contributed by atoms with Gasteiger partial charge in [0, 0.05) is 23.7 Å². The lowest BCUT2D eigenvalue weighted by Crippen LogP contribution is -2.39. The van der Waals surface area contributed by atoms with Gasteiger partial charge in [-0.2, -0.15) is 0 Å². The maximum absolute atomic E-state index is 13.3. The fourth-order valence-electron chi connectivity index (χ4n) is 4.06. The second-order valence-electron chi connectivity index (χ2n) is 6.61. The molecule has 0 saturated heterocycles. The highest BCUT2D eigenvalue weighted by Crippen LogP contribution is 2.40. The zero-order chi connectivity index (χ0) is 16.1. The van der Waals surface area contributed by atoms with Crippen LogP contribution in [0.4, 0.5) is 5.69 Å². The second-order valence-corrected chi connectivity index (χ2v) is 6.61. The Labute approximate surface area is 135 Å². The number of fused-ring (bicyclic) bond motifs is 2. The average molecular weight is 305 g/mol. The Balaban J connectivity index is 1.76. The predicted octanol–water partition coefficient (Wildman–Crippen LogP) is 3.64. The molecule has 0 fully saturated rings. The topological polar surface area (TPSA) is 37.4 Å². The minimum absolute atomic E-state index is 0.0591. The minimum Gasteiger partial charge on any atom is -0.308 e. The summed E-state index contributed by atoms with van der Waals surface area (Å²) in [5, 5.41) is 0. The molecular weight excluding hydrogens is 286 g/mol. The lowest BCUT2D eigenvalue weighted by Gasteiger charge is -2.26. The van der Waals surface area contributed by atoms with Gasteiger partial charge in [-0.25, -0.2) is 0 Å². The molecule has 2 unspecified atom stereocenters. The van der Waals surface area contributed by atoms with E-state index < -0.39 is 0 Å². The predicted molar refractivity (Wildman–Crippen MR) is 90.0 cm³/mol. The number of Topliss-reactive ketones (excluding diaryl/α,β-unsaturated/α-hetero) is 1. The van der Waals surface area contributed by atoms with Crippen LogP contribution in [0, 0.1) is 6.92 Å². The summed E-state index contributed by atoms with van der Waals surface area (Å²) in [7, 11) is 0. The zero-order valence-corrected chi connectivity index (χ0v) is 13.4. The van der Waals surface area contributed by atoms with Crippen molar-refractivity contribution in [3.05, 3.63) is 64.7 Å². The van der Waals surface area contributed by atoms with Crippen molar-refractivity contribution in [2.45, 2.75) is 38.6 Å². The van der Waals surface area contributed by atoms with Crippen LogP contribution in [0.25, 0.3) is 0 Å². The molecule has 23 heavy (non-hydrogen) atoms. The van der Waals surface area contributed by atoms with Crippen molar-refractivity contribution in [2.75, 3.05) is 4.90 Å². The van der Waals surface area contributed by atoms with Gasteiger partial charge >= 0.3 is 0 Å². The van der Waals surface area contributed by atoms with E-state index in [1.165, 1.54) is 5.56 Å². The number of amides is 1. The summed E-state index contributed by atoms with van der Waals surface area (Å²) >= 11 is 0. The van der Waals surface area contributed by atoms with Crippen LogP contribution in [-0.4, -0.2) is 17.7 Å². The lowest BCUT2D eigenvalue weighted by molar-refractivity contribution is -0.120. The van der Waals surface area contributed by atoms with Gasteiger partial charge in [0.05, 0.1) is 5.92 Å². The summed E-state index contributed by atoms with van der Waals surface area (Å²) in [5.74, 6) is -0.196. The normalized spacial score (nSPS) is 22.2. The number of para-hydroxylation sites is 1. The Morgan fingerprint density at radius 1 is 1.09 bits per heavy atom. The first-order valence-corrected chi connectivity index (χ1v) is 8.11. The van der Waals surface area contributed by atoms with Crippen molar-refractivity contribution in [3.8, 4) is 0 Å². The molecule has 0 saturated carbocycles. The average Bonchev–Trinajstić information content (AvgIpc) is 3.05. The second kappa shape index (κ2) is 5.05. The summed E-state index contributed by atoms with van der Waals surface area (Å²) in [4.78, 5) is 27.5. The summed E-state index contributed by atoms with van der Waals surface area (Å²) < 4.78 is 0. The largest absolute Gasteiger partial charge is 0.308 e. The number of nitrogens with zero attached hydrogens (tertiary/aromatic N) is 1. The molecule has 2 aromatic carbocycles. The smallest absolute Gasteiger partial charge is 0.235 e. The molecule has 1 heterocycles. The Kier molecular flexibility index (Phi) is 3.12. The molecule has 2 aliphatic rings. The van der Waals surface area contributed by atoms with Crippen LogP contribution in [0.15, 0.2) is 42.5 Å². The number of benzene rings is 2. The number of hydrogen-bond acceptors (Lipinski definition) is 2. The van der Waals surface area contributed by atoms with Gasteiger partial charge in [-0.1, -0.05) is 36.4 Å². The van der Waals surface area contributed by atoms with Gasteiger partial charge in [0.2, 0.25) is 5.91 Å². The van der Waals surface area contributed by atoms with Crippen LogP contribution >= 0.6 is 0 Å². The molecule has 3 heteroatoms. The lowest BCUT2D eigenvalue weighted by atomic mass is 9.95. The summed E-state index contributed by atoms with van der Waals surface area (Å²) in [6.45, 7) is 4.06. The molecule has 2 atom stereocenters. The fourth-order valence-corrected chi connectivity index (χ4v) is 4.06. The number of ketones is 1. The Hall–Kier alpha value is -2.42.